The summed E-state index contributed by atoms with van der Waals surface area (Å²) < 4.78 is 5.42. The van der Waals surface area contributed by atoms with E-state index in [-0.39, 0.29) is 11.7 Å². The van der Waals surface area contributed by atoms with Gasteiger partial charge < -0.3 is 9.73 Å². The molecule has 0 saturated heterocycles. The highest BCUT2D eigenvalue weighted by atomic mass is 16.3. The minimum absolute atomic E-state index is 0.102. The lowest BCUT2D eigenvalue weighted by Gasteiger charge is -2.07. The third-order valence-electron chi connectivity index (χ3n) is 3.04. The van der Waals surface area contributed by atoms with Crippen LogP contribution in [0, 0.1) is 6.92 Å². The monoisotopic (exact) mass is 271 g/mol. The molecule has 104 valence electrons. The third kappa shape index (κ3) is 2.96. The fraction of sp³-hybridized carbons (Fsp3) is 0.250. The standard InChI is InChI=1S/C16H17NO3/c1-3-8-17-16(19)12-5-4-11(2)14(9-12)15-7-6-13(10-18)20-15/h4-7,9-10H,3,8H2,1-2H3,(H,17,19). The summed E-state index contributed by atoms with van der Waals surface area (Å²) in [4.78, 5) is 22.6. The molecule has 0 saturated carbocycles. The predicted octanol–water partition coefficient (Wildman–Crippen LogP) is 3.21. The van der Waals surface area contributed by atoms with E-state index < -0.39 is 0 Å². The number of benzene rings is 1. The van der Waals surface area contributed by atoms with Crippen molar-refractivity contribution in [3.63, 3.8) is 0 Å². The molecule has 2 aromatic rings. The van der Waals surface area contributed by atoms with Gasteiger partial charge in [-0.05, 0) is 43.2 Å². The molecule has 20 heavy (non-hydrogen) atoms. The first kappa shape index (κ1) is 14.1. The highest BCUT2D eigenvalue weighted by molar-refractivity contribution is 5.95. The molecule has 1 aromatic heterocycles. The van der Waals surface area contributed by atoms with Crippen molar-refractivity contribution in [1.29, 1.82) is 0 Å². The Morgan fingerprint density at radius 2 is 2.10 bits per heavy atom. The lowest BCUT2D eigenvalue weighted by Crippen LogP contribution is -2.23. The Kier molecular flexibility index (Phi) is 4.35. The van der Waals surface area contributed by atoms with E-state index in [1.165, 1.54) is 0 Å². The molecule has 2 rings (SSSR count). The molecule has 0 radical (unpaired) electrons. The number of nitrogens with one attached hydrogen (secondary N) is 1. The molecule has 1 heterocycles. The van der Waals surface area contributed by atoms with Crippen LogP contribution in [0.4, 0.5) is 0 Å². The second-order valence-corrected chi connectivity index (χ2v) is 4.61. The Morgan fingerprint density at radius 3 is 2.75 bits per heavy atom. The van der Waals surface area contributed by atoms with Crippen LogP contribution in [0.1, 0.15) is 39.8 Å². The van der Waals surface area contributed by atoms with Gasteiger partial charge in [0.05, 0.1) is 0 Å². The predicted molar refractivity (Wildman–Crippen MR) is 76.9 cm³/mol. The summed E-state index contributed by atoms with van der Waals surface area (Å²) in [5.74, 6) is 0.769. The number of amides is 1. The zero-order valence-corrected chi connectivity index (χ0v) is 11.6. The fourth-order valence-corrected chi connectivity index (χ4v) is 1.93. The van der Waals surface area contributed by atoms with Crippen molar-refractivity contribution in [3.8, 4) is 11.3 Å². The van der Waals surface area contributed by atoms with Crippen molar-refractivity contribution in [2.45, 2.75) is 20.3 Å². The molecular weight excluding hydrogens is 254 g/mol. The molecule has 1 aromatic carbocycles. The summed E-state index contributed by atoms with van der Waals surface area (Å²) in [6, 6.07) is 8.80. The molecule has 0 atom stereocenters. The smallest absolute Gasteiger partial charge is 0.251 e. The minimum Gasteiger partial charge on any atom is -0.453 e. The van der Waals surface area contributed by atoms with Crippen LogP contribution in [-0.4, -0.2) is 18.7 Å². The Hall–Kier alpha value is -2.36. The molecular formula is C16H17NO3. The topological polar surface area (TPSA) is 59.3 Å². The van der Waals surface area contributed by atoms with Crippen LogP contribution in [0.3, 0.4) is 0 Å². The molecule has 0 aliphatic carbocycles. The zero-order chi connectivity index (χ0) is 14.5. The number of aryl methyl sites for hydroxylation is 1. The first-order chi connectivity index (χ1) is 9.65. The normalized spacial score (nSPS) is 10.3. The van der Waals surface area contributed by atoms with Gasteiger partial charge in [-0.2, -0.15) is 0 Å². The maximum Gasteiger partial charge on any atom is 0.251 e. The van der Waals surface area contributed by atoms with Crippen LogP contribution < -0.4 is 5.32 Å². The minimum atomic E-state index is -0.102. The number of rotatable bonds is 5. The number of carbonyl (C=O) groups excluding carboxylic acids is 2. The summed E-state index contributed by atoms with van der Waals surface area (Å²) in [7, 11) is 0. The van der Waals surface area contributed by atoms with Crippen LogP contribution in [-0.2, 0) is 0 Å². The molecule has 0 spiro atoms. The summed E-state index contributed by atoms with van der Waals surface area (Å²) in [5, 5.41) is 2.84. The number of carbonyl (C=O) groups is 2. The van der Waals surface area contributed by atoms with Gasteiger partial charge in [0, 0.05) is 17.7 Å². The summed E-state index contributed by atoms with van der Waals surface area (Å²) in [5.41, 5.74) is 2.40. The van der Waals surface area contributed by atoms with E-state index in [1.54, 1.807) is 24.3 Å². The Balaban J connectivity index is 2.33. The van der Waals surface area contributed by atoms with Crippen molar-refractivity contribution in [2.75, 3.05) is 6.54 Å². The van der Waals surface area contributed by atoms with Gasteiger partial charge in [-0.25, -0.2) is 0 Å². The highest BCUT2D eigenvalue weighted by Crippen LogP contribution is 2.26. The molecule has 0 aliphatic rings. The van der Waals surface area contributed by atoms with Crippen LogP contribution in [0.15, 0.2) is 34.7 Å². The molecule has 0 fully saturated rings. The summed E-state index contributed by atoms with van der Waals surface area (Å²) in [6.07, 6.45) is 1.56. The number of hydrogen-bond donors (Lipinski definition) is 1. The van der Waals surface area contributed by atoms with Crippen molar-refractivity contribution >= 4 is 12.2 Å². The van der Waals surface area contributed by atoms with E-state index >= 15 is 0 Å². The maximum atomic E-state index is 12.0. The van der Waals surface area contributed by atoms with Crippen LogP contribution in [0.5, 0.6) is 0 Å². The quantitative estimate of drug-likeness (QED) is 0.849. The van der Waals surface area contributed by atoms with Crippen molar-refractivity contribution < 1.29 is 14.0 Å². The first-order valence-electron chi connectivity index (χ1n) is 6.60. The van der Waals surface area contributed by atoms with Crippen molar-refractivity contribution in [1.82, 2.24) is 5.32 Å². The van der Waals surface area contributed by atoms with Gasteiger partial charge >= 0.3 is 0 Å². The van der Waals surface area contributed by atoms with E-state index in [0.29, 0.717) is 24.2 Å². The molecule has 0 aliphatic heterocycles. The molecule has 4 heteroatoms. The van der Waals surface area contributed by atoms with Crippen LogP contribution in [0.25, 0.3) is 11.3 Å². The van der Waals surface area contributed by atoms with Gasteiger partial charge in [0.25, 0.3) is 5.91 Å². The molecule has 0 unspecified atom stereocenters. The SMILES string of the molecule is CCCNC(=O)c1ccc(C)c(-c2ccc(C=O)o2)c1. The Bertz CT molecular complexity index is 628. The lowest BCUT2D eigenvalue weighted by molar-refractivity contribution is 0.0953. The van der Waals surface area contributed by atoms with E-state index in [4.69, 9.17) is 4.42 Å². The van der Waals surface area contributed by atoms with Gasteiger partial charge in [-0.3, -0.25) is 9.59 Å². The molecule has 0 bridgehead atoms. The summed E-state index contributed by atoms with van der Waals surface area (Å²) in [6.45, 7) is 4.59. The van der Waals surface area contributed by atoms with E-state index in [2.05, 4.69) is 5.32 Å². The van der Waals surface area contributed by atoms with E-state index in [1.807, 2.05) is 19.9 Å². The van der Waals surface area contributed by atoms with Gasteiger partial charge in [0.1, 0.15) is 5.76 Å². The second-order valence-electron chi connectivity index (χ2n) is 4.61. The number of furan rings is 1. The third-order valence-corrected chi connectivity index (χ3v) is 3.04. The van der Waals surface area contributed by atoms with Gasteiger partial charge in [-0.1, -0.05) is 13.0 Å². The van der Waals surface area contributed by atoms with Crippen molar-refractivity contribution in [3.05, 3.63) is 47.2 Å². The number of hydrogen-bond acceptors (Lipinski definition) is 3. The lowest BCUT2D eigenvalue weighted by atomic mass is 10.0. The van der Waals surface area contributed by atoms with E-state index in [0.717, 1.165) is 17.5 Å². The summed E-state index contributed by atoms with van der Waals surface area (Å²) >= 11 is 0. The average molecular weight is 271 g/mol. The largest absolute Gasteiger partial charge is 0.453 e. The number of aldehydes is 1. The fourth-order valence-electron chi connectivity index (χ4n) is 1.93. The molecule has 1 amide bonds. The Labute approximate surface area is 117 Å². The maximum absolute atomic E-state index is 12.0. The van der Waals surface area contributed by atoms with Crippen LogP contribution >= 0.6 is 0 Å². The van der Waals surface area contributed by atoms with Gasteiger partial charge in [0.2, 0.25) is 0 Å². The molecule has 4 nitrogen and oxygen atoms in total. The van der Waals surface area contributed by atoms with E-state index in [9.17, 15) is 9.59 Å². The second kappa shape index (κ2) is 6.19. The van der Waals surface area contributed by atoms with Crippen molar-refractivity contribution in [2.24, 2.45) is 0 Å². The van der Waals surface area contributed by atoms with Crippen LogP contribution in [0.2, 0.25) is 0 Å². The molecule has 1 N–H and O–H groups in total. The van der Waals surface area contributed by atoms with Gasteiger partial charge in [0.15, 0.2) is 12.0 Å². The first-order valence-corrected chi connectivity index (χ1v) is 6.60. The zero-order valence-electron chi connectivity index (χ0n) is 11.6. The Morgan fingerprint density at radius 1 is 1.30 bits per heavy atom. The highest BCUT2D eigenvalue weighted by Gasteiger charge is 2.11. The van der Waals surface area contributed by atoms with Gasteiger partial charge in [-0.15, -0.1) is 0 Å². The average Bonchev–Trinajstić information content (AvgIpc) is 2.94.